The highest BCUT2D eigenvalue weighted by Crippen LogP contribution is 2.21. The van der Waals surface area contributed by atoms with Gasteiger partial charge in [0, 0.05) is 6.20 Å². The van der Waals surface area contributed by atoms with Crippen LogP contribution in [0.1, 0.15) is 0 Å². The van der Waals surface area contributed by atoms with E-state index in [1.165, 1.54) is 0 Å². The second kappa shape index (κ2) is 6.90. The molecule has 1 rings (SSSR count). The Balaban J connectivity index is 0.000000424. The number of ether oxygens (including phenoxy) is 2. The van der Waals surface area contributed by atoms with Crippen molar-refractivity contribution in [2.24, 2.45) is 0 Å². The van der Waals surface area contributed by atoms with Crippen LogP contribution in [0.25, 0.3) is 0 Å². The molecule has 0 radical (unpaired) electrons. The summed E-state index contributed by atoms with van der Waals surface area (Å²) in [7, 11) is 3.14. The summed E-state index contributed by atoms with van der Waals surface area (Å²) < 4.78 is 9.85. The number of pyridine rings is 1. The Morgan fingerprint density at radius 3 is 2.46 bits per heavy atom. The summed E-state index contributed by atoms with van der Waals surface area (Å²) >= 11 is 0. The van der Waals surface area contributed by atoms with Crippen LogP contribution in [0.5, 0.6) is 11.6 Å². The highest BCUT2D eigenvalue weighted by Gasteiger charge is 1.99. The molecule has 0 fully saturated rings. The van der Waals surface area contributed by atoms with E-state index in [4.69, 9.17) is 19.4 Å². The van der Waals surface area contributed by atoms with Crippen molar-refractivity contribution < 1.29 is 19.4 Å². The van der Waals surface area contributed by atoms with Crippen LogP contribution in [0.4, 0.5) is 0 Å². The molecule has 1 heterocycles. The summed E-state index contributed by atoms with van der Waals surface area (Å²) in [6, 6.07) is 3.59. The Hall–Kier alpha value is -1.78. The maximum absolute atomic E-state index is 8.36. The highest BCUT2D eigenvalue weighted by molar-refractivity contribution is 5.32. The van der Waals surface area contributed by atoms with E-state index in [0.29, 0.717) is 11.6 Å². The van der Waals surface area contributed by atoms with Crippen molar-refractivity contribution in [3.63, 3.8) is 0 Å². The van der Waals surface area contributed by atoms with Crippen molar-refractivity contribution in [3.05, 3.63) is 18.3 Å². The first-order chi connectivity index (χ1) is 6.29. The molecule has 1 N–H and O–H groups in total. The topological polar surface area (TPSA) is 68.7 Å². The molecule has 0 spiro atoms. The largest absolute Gasteiger partial charge is 0.491 e. The Labute approximate surface area is 75.9 Å². The van der Waals surface area contributed by atoms with E-state index in [1.54, 1.807) is 32.5 Å². The minimum absolute atomic E-state index is 0.250. The summed E-state index contributed by atoms with van der Waals surface area (Å²) in [4.78, 5) is 12.3. The van der Waals surface area contributed by atoms with Crippen LogP contribution in [-0.4, -0.2) is 30.8 Å². The van der Waals surface area contributed by atoms with Crippen molar-refractivity contribution in [2.75, 3.05) is 14.2 Å². The zero-order valence-corrected chi connectivity index (χ0v) is 7.43. The monoisotopic (exact) mass is 185 g/mol. The summed E-state index contributed by atoms with van der Waals surface area (Å²) in [6.45, 7) is -0.250. The lowest BCUT2D eigenvalue weighted by atomic mass is 10.4. The van der Waals surface area contributed by atoms with Crippen molar-refractivity contribution in [3.8, 4) is 11.6 Å². The van der Waals surface area contributed by atoms with Crippen molar-refractivity contribution in [2.45, 2.75) is 0 Å². The molecule has 0 aliphatic heterocycles. The normalized spacial score (nSPS) is 7.85. The molecule has 0 amide bonds. The zero-order valence-electron chi connectivity index (χ0n) is 7.43. The van der Waals surface area contributed by atoms with Gasteiger partial charge in [0.1, 0.15) is 0 Å². The van der Waals surface area contributed by atoms with Gasteiger partial charge in [-0.15, -0.1) is 0 Å². The highest BCUT2D eigenvalue weighted by atomic mass is 16.5. The number of aromatic nitrogens is 1. The van der Waals surface area contributed by atoms with Crippen LogP contribution >= 0.6 is 0 Å². The van der Waals surface area contributed by atoms with Gasteiger partial charge in [-0.05, 0) is 12.1 Å². The lowest BCUT2D eigenvalue weighted by Crippen LogP contribution is -1.91. The number of methoxy groups -OCH3 is 2. The van der Waals surface area contributed by atoms with Gasteiger partial charge in [-0.3, -0.25) is 4.79 Å². The van der Waals surface area contributed by atoms with E-state index in [9.17, 15) is 0 Å². The van der Waals surface area contributed by atoms with Gasteiger partial charge in [0.25, 0.3) is 12.4 Å². The van der Waals surface area contributed by atoms with Gasteiger partial charge in [0.15, 0.2) is 5.75 Å². The van der Waals surface area contributed by atoms with Crippen molar-refractivity contribution in [1.82, 2.24) is 4.98 Å². The van der Waals surface area contributed by atoms with Gasteiger partial charge in [0.2, 0.25) is 0 Å². The fourth-order valence-electron chi connectivity index (χ4n) is 0.685. The van der Waals surface area contributed by atoms with Crippen LogP contribution < -0.4 is 9.47 Å². The molecule has 0 atom stereocenters. The third-order valence-electron chi connectivity index (χ3n) is 1.15. The van der Waals surface area contributed by atoms with Gasteiger partial charge in [-0.25, -0.2) is 4.98 Å². The number of rotatable bonds is 2. The molecule has 0 aliphatic rings. The standard InChI is InChI=1S/C7H9NO2.CH2O2/c1-9-6-4-3-5-8-7(6)10-2;2-1-3/h3-5H,1-2H3;1H,(H,2,3). The molecular weight excluding hydrogens is 174 g/mol. The second-order valence-corrected chi connectivity index (χ2v) is 1.82. The number of hydrogen-bond acceptors (Lipinski definition) is 4. The van der Waals surface area contributed by atoms with Gasteiger partial charge in [-0.1, -0.05) is 0 Å². The van der Waals surface area contributed by atoms with Gasteiger partial charge < -0.3 is 14.6 Å². The van der Waals surface area contributed by atoms with Crippen LogP contribution in [0, 0.1) is 0 Å². The summed E-state index contributed by atoms with van der Waals surface area (Å²) in [5, 5.41) is 6.89. The number of carbonyl (C=O) groups is 1. The fraction of sp³-hybridized carbons (Fsp3) is 0.250. The van der Waals surface area contributed by atoms with Crippen LogP contribution in [-0.2, 0) is 4.79 Å². The molecule has 5 nitrogen and oxygen atoms in total. The molecule has 13 heavy (non-hydrogen) atoms. The lowest BCUT2D eigenvalue weighted by molar-refractivity contribution is -0.122. The molecule has 0 aliphatic carbocycles. The van der Waals surface area contributed by atoms with Crippen molar-refractivity contribution >= 4 is 6.47 Å². The number of nitrogens with zero attached hydrogens (tertiary/aromatic N) is 1. The third kappa shape index (κ3) is 3.95. The van der Waals surface area contributed by atoms with Gasteiger partial charge in [0.05, 0.1) is 14.2 Å². The number of carboxylic acid groups (broad SMARTS) is 1. The minimum Gasteiger partial charge on any atom is -0.491 e. The quantitative estimate of drug-likeness (QED) is 0.690. The Morgan fingerprint density at radius 1 is 1.46 bits per heavy atom. The van der Waals surface area contributed by atoms with E-state index >= 15 is 0 Å². The zero-order chi connectivity index (χ0) is 10.1. The molecule has 0 unspecified atom stereocenters. The van der Waals surface area contributed by atoms with E-state index < -0.39 is 0 Å². The van der Waals surface area contributed by atoms with Crippen molar-refractivity contribution in [1.29, 1.82) is 0 Å². The first kappa shape index (κ1) is 11.2. The second-order valence-electron chi connectivity index (χ2n) is 1.82. The minimum atomic E-state index is -0.250. The van der Waals surface area contributed by atoms with Crippen LogP contribution in [0.15, 0.2) is 18.3 Å². The predicted molar refractivity (Wildman–Crippen MR) is 46.0 cm³/mol. The number of hydrogen-bond donors (Lipinski definition) is 1. The Kier molecular flexibility index (Phi) is 5.96. The summed E-state index contributed by atoms with van der Waals surface area (Å²) in [5.74, 6) is 1.18. The average Bonchev–Trinajstić information content (AvgIpc) is 2.19. The van der Waals surface area contributed by atoms with Gasteiger partial charge >= 0.3 is 0 Å². The molecule has 1 aromatic heterocycles. The van der Waals surface area contributed by atoms with Crippen LogP contribution in [0.2, 0.25) is 0 Å². The first-order valence-electron chi connectivity index (χ1n) is 3.41. The maximum atomic E-state index is 8.36. The summed E-state index contributed by atoms with van der Waals surface area (Å²) in [5.41, 5.74) is 0. The molecule has 0 saturated heterocycles. The fourth-order valence-corrected chi connectivity index (χ4v) is 0.685. The predicted octanol–water partition coefficient (Wildman–Crippen LogP) is 0.800. The average molecular weight is 185 g/mol. The first-order valence-corrected chi connectivity index (χ1v) is 3.41. The molecule has 5 heteroatoms. The molecule has 0 saturated carbocycles. The molecule has 0 aromatic carbocycles. The Morgan fingerprint density at radius 2 is 2.08 bits per heavy atom. The SMILES string of the molecule is COc1cccnc1OC.O=CO. The Bertz CT molecular complexity index is 229. The van der Waals surface area contributed by atoms with E-state index in [2.05, 4.69) is 4.98 Å². The summed E-state index contributed by atoms with van der Waals surface area (Å²) in [6.07, 6.45) is 1.65. The molecule has 0 bridgehead atoms. The van der Waals surface area contributed by atoms with E-state index in [0.717, 1.165) is 0 Å². The molecule has 1 aromatic rings. The van der Waals surface area contributed by atoms with Crippen LogP contribution in [0.3, 0.4) is 0 Å². The van der Waals surface area contributed by atoms with E-state index in [-0.39, 0.29) is 6.47 Å². The van der Waals surface area contributed by atoms with E-state index in [1.807, 2.05) is 0 Å². The smallest absolute Gasteiger partial charge is 0.290 e. The molecule has 72 valence electrons. The van der Waals surface area contributed by atoms with Gasteiger partial charge in [-0.2, -0.15) is 0 Å². The third-order valence-corrected chi connectivity index (χ3v) is 1.15. The lowest BCUT2D eigenvalue weighted by Gasteiger charge is -2.03. The maximum Gasteiger partial charge on any atom is 0.290 e. The molecular formula is C8H11NO4.